The van der Waals surface area contributed by atoms with Crippen LogP contribution in [-0.4, -0.2) is 96.7 Å². The topological polar surface area (TPSA) is 237 Å². The molecule has 3 N–H and O–H groups in total. The first-order chi connectivity index (χ1) is 41.2. The van der Waals surface area contributed by atoms with Gasteiger partial charge in [0, 0.05) is 25.7 Å². The first-order valence-electron chi connectivity index (χ1n) is 34.8. The molecule has 86 heavy (non-hydrogen) atoms. The molecule has 0 aromatic rings. The van der Waals surface area contributed by atoms with Crippen LogP contribution in [0, 0.1) is 23.7 Å². The molecule has 0 aliphatic carbocycles. The maximum atomic E-state index is 13.0. The second-order valence-electron chi connectivity index (χ2n) is 25.6. The monoisotopic (exact) mass is 1270 g/mol. The van der Waals surface area contributed by atoms with Crippen LogP contribution in [0.4, 0.5) is 0 Å². The second kappa shape index (κ2) is 57.0. The number of ether oxygens (including phenoxy) is 4. The summed E-state index contributed by atoms with van der Waals surface area (Å²) in [7, 11) is -9.89. The molecule has 0 aromatic carbocycles. The minimum atomic E-state index is -4.95. The van der Waals surface area contributed by atoms with Gasteiger partial charge in [-0.15, -0.1) is 0 Å². The van der Waals surface area contributed by atoms with E-state index in [0.29, 0.717) is 31.6 Å². The molecule has 0 amide bonds. The van der Waals surface area contributed by atoms with Crippen molar-refractivity contribution < 1.29 is 80.2 Å². The van der Waals surface area contributed by atoms with Gasteiger partial charge in [0.2, 0.25) is 0 Å². The van der Waals surface area contributed by atoms with Gasteiger partial charge in [0.15, 0.2) is 12.2 Å². The van der Waals surface area contributed by atoms with Crippen molar-refractivity contribution in [2.45, 2.75) is 343 Å². The van der Waals surface area contributed by atoms with Crippen molar-refractivity contribution in [2.75, 3.05) is 39.6 Å². The SMILES string of the molecule is CCC(C)CCCCCCCCC(=O)OC[C@H](COP(=O)(O)OC[C@@H](O)COP(=O)(O)OC[C@@H](COC(=O)CCCCCCCCC(C)C)OC(=O)CCCCCCCCCCCCCCCCC(C)C)OC(=O)CCCCCCCCC(C)CC. The number of aliphatic hydroxyl groups excluding tert-OH is 1. The predicted octanol–water partition coefficient (Wildman–Crippen LogP) is 18.5. The van der Waals surface area contributed by atoms with Gasteiger partial charge in [-0.1, -0.05) is 274 Å². The van der Waals surface area contributed by atoms with E-state index >= 15 is 0 Å². The van der Waals surface area contributed by atoms with Crippen LogP contribution >= 0.6 is 15.6 Å². The summed E-state index contributed by atoms with van der Waals surface area (Å²) in [4.78, 5) is 72.3. The molecule has 0 bridgehead atoms. The number of phosphoric ester groups is 2. The number of esters is 4. The molecule has 4 unspecified atom stereocenters. The zero-order valence-electron chi connectivity index (χ0n) is 55.9. The van der Waals surface area contributed by atoms with Crippen molar-refractivity contribution in [1.82, 2.24) is 0 Å². The van der Waals surface area contributed by atoms with Crippen LogP contribution < -0.4 is 0 Å². The number of rotatable bonds is 64. The smallest absolute Gasteiger partial charge is 0.462 e. The summed E-state index contributed by atoms with van der Waals surface area (Å²) in [5, 5.41) is 10.6. The highest BCUT2D eigenvalue weighted by Crippen LogP contribution is 2.45. The van der Waals surface area contributed by atoms with Crippen molar-refractivity contribution >= 4 is 39.5 Å². The van der Waals surface area contributed by atoms with E-state index in [1.165, 1.54) is 116 Å². The highest BCUT2D eigenvalue weighted by atomic mass is 31.2. The summed E-state index contributed by atoms with van der Waals surface area (Å²) >= 11 is 0. The Hall–Kier alpha value is -1.94. The lowest BCUT2D eigenvalue weighted by atomic mass is 10.00. The second-order valence-corrected chi connectivity index (χ2v) is 28.6. The Labute approximate surface area is 524 Å². The molecule has 0 saturated carbocycles. The van der Waals surface area contributed by atoms with Crippen LogP contribution in [0.25, 0.3) is 0 Å². The normalized spacial score (nSPS) is 15.0. The number of aliphatic hydroxyl groups is 1. The first kappa shape index (κ1) is 84.1. The summed E-state index contributed by atoms with van der Waals surface area (Å²) in [6.45, 7) is 14.0. The highest BCUT2D eigenvalue weighted by molar-refractivity contribution is 7.47. The molecular weight excluding hydrogens is 1140 g/mol. The Morgan fingerprint density at radius 2 is 0.558 bits per heavy atom. The molecular formula is C67H130O17P2. The van der Waals surface area contributed by atoms with Gasteiger partial charge in [0.05, 0.1) is 26.4 Å². The van der Waals surface area contributed by atoms with Crippen LogP contribution in [0.5, 0.6) is 0 Å². The molecule has 0 saturated heterocycles. The molecule has 7 atom stereocenters. The van der Waals surface area contributed by atoms with Crippen LogP contribution in [0.2, 0.25) is 0 Å². The minimum absolute atomic E-state index is 0.101. The van der Waals surface area contributed by atoms with E-state index in [-0.39, 0.29) is 25.7 Å². The zero-order chi connectivity index (χ0) is 63.9. The van der Waals surface area contributed by atoms with Crippen molar-refractivity contribution in [3.8, 4) is 0 Å². The van der Waals surface area contributed by atoms with Gasteiger partial charge >= 0.3 is 39.5 Å². The molecule has 19 heteroatoms. The first-order valence-corrected chi connectivity index (χ1v) is 37.8. The number of phosphoric acid groups is 2. The average Bonchev–Trinajstić information content (AvgIpc) is 3.63. The van der Waals surface area contributed by atoms with Gasteiger partial charge < -0.3 is 33.8 Å². The Kier molecular flexibility index (Phi) is 55.7. The Morgan fingerprint density at radius 3 is 0.826 bits per heavy atom. The summed E-state index contributed by atoms with van der Waals surface area (Å²) in [6, 6.07) is 0. The Morgan fingerprint density at radius 1 is 0.326 bits per heavy atom. The molecule has 0 rings (SSSR count). The average molecular weight is 1270 g/mol. The molecule has 0 aromatic heterocycles. The summed E-state index contributed by atoms with van der Waals surface area (Å²) in [5.41, 5.74) is 0. The van der Waals surface area contributed by atoms with Crippen LogP contribution in [-0.2, 0) is 65.4 Å². The molecule has 0 fully saturated rings. The van der Waals surface area contributed by atoms with Crippen molar-refractivity contribution in [3.63, 3.8) is 0 Å². The fourth-order valence-electron chi connectivity index (χ4n) is 9.89. The van der Waals surface area contributed by atoms with Crippen LogP contribution in [0.15, 0.2) is 0 Å². The number of unbranched alkanes of at least 4 members (excludes halogenated alkanes) is 28. The zero-order valence-corrected chi connectivity index (χ0v) is 57.7. The van der Waals surface area contributed by atoms with E-state index in [1.54, 1.807) is 0 Å². The minimum Gasteiger partial charge on any atom is -0.462 e. The van der Waals surface area contributed by atoms with E-state index in [2.05, 4.69) is 55.4 Å². The van der Waals surface area contributed by atoms with Gasteiger partial charge in [-0.05, 0) is 49.4 Å². The number of hydrogen-bond acceptors (Lipinski definition) is 15. The third-order valence-corrected chi connectivity index (χ3v) is 17.9. The van der Waals surface area contributed by atoms with Gasteiger partial charge in [0.25, 0.3) is 0 Å². The standard InChI is InChI=1S/C67H130O17P2/c1-9-59(7)45-37-29-22-25-32-40-48-65(70)78-54-63(84-67(72)50-42-34-26-23-30-38-46-60(8)10-2)56-82-86(75,76)80-52-61(68)51-79-85(73,74)81-55-62(53-77-64(69)47-39-31-24-21-28-36-44-58(5)6)83-66(71)49-41-33-20-18-16-14-12-11-13-15-17-19-27-35-43-57(3)4/h57-63,68H,9-56H2,1-8H3,(H,73,74)(H,75,76)/t59?,60?,61-,62+,63+/m0/s1. The molecule has 0 spiro atoms. The van der Waals surface area contributed by atoms with E-state index in [1.807, 2.05) is 0 Å². The van der Waals surface area contributed by atoms with E-state index < -0.39 is 97.5 Å². The fraction of sp³-hybridized carbons (Fsp3) is 0.940. The molecule has 17 nitrogen and oxygen atoms in total. The maximum absolute atomic E-state index is 13.0. The van der Waals surface area contributed by atoms with E-state index in [0.717, 1.165) is 120 Å². The number of hydrogen-bond donors (Lipinski definition) is 3. The van der Waals surface area contributed by atoms with Gasteiger partial charge in [-0.25, -0.2) is 9.13 Å². The maximum Gasteiger partial charge on any atom is 0.472 e. The highest BCUT2D eigenvalue weighted by Gasteiger charge is 2.30. The summed E-state index contributed by atoms with van der Waals surface area (Å²) in [6.07, 6.45) is 37.8. The number of carbonyl (C=O) groups is 4. The third kappa shape index (κ3) is 58.4. The Bertz CT molecular complexity index is 1720. The summed E-state index contributed by atoms with van der Waals surface area (Å²) in [5.74, 6) is 0.786. The molecule has 0 aliphatic heterocycles. The van der Waals surface area contributed by atoms with Gasteiger partial charge in [0.1, 0.15) is 19.3 Å². The van der Waals surface area contributed by atoms with Crippen LogP contribution in [0.1, 0.15) is 325 Å². The van der Waals surface area contributed by atoms with E-state index in [9.17, 15) is 43.2 Å². The molecule has 510 valence electrons. The lowest BCUT2D eigenvalue weighted by molar-refractivity contribution is -0.161. The van der Waals surface area contributed by atoms with Gasteiger partial charge in [-0.2, -0.15) is 0 Å². The lowest BCUT2D eigenvalue weighted by Gasteiger charge is -2.21. The molecule has 0 radical (unpaired) electrons. The van der Waals surface area contributed by atoms with Crippen LogP contribution in [0.3, 0.4) is 0 Å². The largest absolute Gasteiger partial charge is 0.472 e. The molecule has 0 heterocycles. The quantitative estimate of drug-likeness (QED) is 0.0222. The fourth-order valence-corrected chi connectivity index (χ4v) is 11.5. The number of carbonyl (C=O) groups excluding carboxylic acids is 4. The Balaban J connectivity index is 5.22. The van der Waals surface area contributed by atoms with Crippen molar-refractivity contribution in [2.24, 2.45) is 23.7 Å². The van der Waals surface area contributed by atoms with Gasteiger partial charge in [-0.3, -0.25) is 37.3 Å². The van der Waals surface area contributed by atoms with Crippen molar-refractivity contribution in [1.29, 1.82) is 0 Å². The lowest BCUT2D eigenvalue weighted by Crippen LogP contribution is -2.30. The summed E-state index contributed by atoms with van der Waals surface area (Å²) < 4.78 is 68.1. The third-order valence-electron chi connectivity index (χ3n) is 16.0. The molecule has 0 aliphatic rings. The van der Waals surface area contributed by atoms with Crippen molar-refractivity contribution in [3.05, 3.63) is 0 Å². The predicted molar refractivity (Wildman–Crippen MR) is 344 cm³/mol. The van der Waals surface area contributed by atoms with E-state index in [4.69, 9.17) is 37.0 Å².